The van der Waals surface area contributed by atoms with Gasteiger partial charge in [-0.1, -0.05) is 41.5 Å². The van der Waals surface area contributed by atoms with Crippen LogP contribution in [0, 0.1) is 0 Å². The molecule has 102 valence electrons. The van der Waals surface area contributed by atoms with E-state index in [0.717, 1.165) is 11.1 Å². The topological polar surface area (TPSA) is 67.2 Å². The SMILES string of the molecule is COc1cc(-c2ccccc2)ccc1OCCN=[N+]=[N-]. The molecular weight excluding hydrogens is 254 g/mol. The summed E-state index contributed by atoms with van der Waals surface area (Å²) < 4.78 is 10.9. The normalized spacial score (nSPS) is 9.65. The number of rotatable bonds is 6. The Balaban J connectivity index is 2.17. The predicted molar refractivity (Wildman–Crippen MR) is 77.9 cm³/mol. The number of benzene rings is 2. The number of azide groups is 1. The lowest BCUT2D eigenvalue weighted by molar-refractivity contribution is 0.302. The fourth-order valence-corrected chi connectivity index (χ4v) is 1.84. The van der Waals surface area contributed by atoms with Gasteiger partial charge in [0, 0.05) is 4.91 Å². The van der Waals surface area contributed by atoms with E-state index in [1.807, 2.05) is 48.5 Å². The summed E-state index contributed by atoms with van der Waals surface area (Å²) in [4.78, 5) is 2.68. The summed E-state index contributed by atoms with van der Waals surface area (Å²) in [5.41, 5.74) is 10.4. The van der Waals surface area contributed by atoms with Gasteiger partial charge in [0.15, 0.2) is 11.5 Å². The van der Waals surface area contributed by atoms with Crippen LogP contribution in [0.2, 0.25) is 0 Å². The first-order chi connectivity index (χ1) is 9.85. The second-order valence-electron chi connectivity index (χ2n) is 4.03. The van der Waals surface area contributed by atoms with Gasteiger partial charge in [0.05, 0.1) is 20.3 Å². The highest BCUT2D eigenvalue weighted by molar-refractivity contribution is 5.67. The van der Waals surface area contributed by atoms with Gasteiger partial charge in [0.2, 0.25) is 0 Å². The lowest BCUT2D eigenvalue weighted by Gasteiger charge is -2.11. The van der Waals surface area contributed by atoms with Crippen molar-refractivity contribution in [3.8, 4) is 22.6 Å². The van der Waals surface area contributed by atoms with Crippen LogP contribution >= 0.6 is 0 Å². The lowest BCUT2D eigenvalue weighted by Crippen LogP contribution is -2.01. The Morgan fingerprint density at radius 2 is 1.85 bits per heavy atom. The molecule has 5 heteroatoms. The molecule has 0 bridgehead atoms. The standard InChI is InChI=1S/C15H15N3O2/c1-19-15-11-13(12-5-3-2-4-6-12)7-8-14(15)20-10-9-17-18-16/h2-8,11H,9-10H2,1H3. The van der Waals surface area contributed by atoms with Crippen molar-refractivity contribution in [3.05, 3.63) is 59.0 Å². The smallest absolute Gasteiger partial charge is 0.161 e. The van der Waals surface area contributed by atoms with E-state index in [1.54, 1.807) is 7.11 Å². The summed E-state index contributed by atoms with van der Waals surface area (Å²) in [6.45, 7) is 0.616. The van der Waals surface area contributed by atoms with Gasteiger partial charge >= 0.3 is 0 Å². The molecule has 0 N–H and O–H groups in total. The molecule has 0 saturated heterocycles. The van der Waals surface area contributed by atoms with Crippen LogP contribution in [-0.2, 0) is 0 Å². The summed E-state index contributed by atoms with van der Waals surface area (Å²) in [6, 6.07) is 15.8. The fourth-order valence-electron chi connectivity index (χ4n) is 1.84. The van der Waals surface area contributed by atoms with Gasteiger partial charge in [-0.15, -0.1) is 0 Å². The predicted octanol–water partition coefficient (Wildman–Crippen LogP) is 4.05. The first-order valence-electron chi connectivity index (χ1n) is 6.22. The Hall–Kier alpha value is -2.65. The molecule has 0 saturated carbocycles. The van der Waals surface area contributed by atoms with E-state index in [0.29, 0.717) is 24.7 Å². The van der Waals surface area contributed by atoms with Crippen molar-refractivity contribution in [2.24, 2.45) is 5.11 Å². The molecule has 2 aromatic carbocycles. The van der Waals surface area contributed by atoms with E-state index < -0.39 is 0 Å². The van der Waals surface area contributed by atoms with Crippen LogP contribution in [0.15, 0.2) is 53.6 Å². The Labute approximate surface area is 117 Å². The van der Waals surface area contributed by atoms with Gasteiger partial charge in [-0.05, 0) is 28.8 Å². The van der Waals surface area contributed by atoms with Gasteiger partial charge in [-0.3, -0.25) is 0 Å². The monoisotopic (exact) mass is 269 g/mol. The third-order valence-electron chi connectivity index (χ3n) is 2.78. The summed E-state index contributed by atoms with van der Waals surface area (Å²) in [5, 5.41) is 3.42. The van der Waals surface area contributed by atoms with Crippen LogP contribution in [0.4, 0.5) is 0 Å². The number of methoxy groups -OCH3 is 1. The first-order valence-corrected chi connectivity index (χ1v) is 6.22. The first kappa shape index (κ1) is 13.8. The molecule has 2 rings (SSSR count). The van der Waals surface area contributed by atoms with Crippen LogP contribution < -0.4 is 9.47 Å². The molecule has 0 aliphatic heterocycles. The molecule has 5 nitrogen and oxygen atoms in total. The van der Waals surface area contributed by atoms with Crippen molar-refractivity contribution in [1.82, 2.24) is 0 Å². The average molecular weight is 269 g/mol. The van der Waals surface area contributed by atoms with Crippen LogP contribution in [0.1, 0.15) is 0 Å². The molecule has 0 aliphatic carbocycles. The minimum Gasteiger partial charge on any atom is -0.493 e. The lowest BCUT2D eigenvalue weighted by atomic mass is 10.1. The minimum atomic E-state index is 0.292. The number of ether oxygens (including phenoxy) is 2. The Morgan fingerprint density at radius 1 is 1.05 bits per heavy atom. The number of hydrogen-bond acceptors (Lipinski definition) is 3. The van der Waals surface area contributed by atoms with Crippen molar-refractivity contribution < 1.29 is 9.47 Å². The van der Waals surface area contributed by atoms with Crippen molar-refractivity contribution >= 4 is 0 Å². The maximum absolute atomic E-state index is 8.20. The average Bonchev–Trinajstić information content (AvgIpc) is 2.52. The zero-order valence-corrected chi connectivity index (χ0v) is 11.2. The summed E-state index contributed by atoms with van der Waals surface area (Å²) in [5.74, 6) is 1.30. The van der Waals surface area contributed by atoms with E-state index in [9.17, 15) is 0 Å². The maximum Gasteiger partial charge on any atom is 0.161 e. The fraction of sp³-hybridized carbons (Fsp3) is 0.200. The van der Waals surface area contributed by atoms with Crippen molar-refractivity contribution in [3.63, 3.8) is 0 Å². The molecule has 0 amide bonds. The van der Waals surface area contributed by atoms with Crippen LogP contribution in [0.5, 0.6) is 11.5 Å². The van der Waals surface area contributed by atoms with Crippen LogP contribution in [0.3, 0.4) is 0 Å². The van der Waals surface area contributed by atoms with Gasteiger partial charge in [0.25, 0.3) is 0 Å². The molecule has 0 spiro atoms. The minimum absolute atomic E-state index is 0.292. The second kappa shape index (κ2) is 7.07. The van der Waals surface area contributed by atoms with Gasteiger partial charge in [-0.2, -0.15) is 0 Å². The molecule has 0 atom stereocenters. The molecule has 0 fully saturated rings. The third-order valence-corrected chi connectivity index (χ3v) is 2.78. The number of nitrogens with zero attached hydrogens (tertiary/aromatic N) is 3. The van der Waals surface area contributed by atoms with Gasteiger partial charge in [0.1, 0.15) is 0 Å². The molecule has 0 unspecified atom stereocenters. The molecule has 0 aliphatic rings. The van der Waals surface area contributed by atoms with E-state index >= 15 is 0 Å². The summed E-state index contributed by atoms with van der Waals surface area (Å²) >= 11 is 0. The molecular formula is C15H15N3O2. The highest BCUT2D eigenvalue weighted by atomic mass is 16.5. The van der Waals surface area contributed by atoms with Crippen LogP contribution in [-0.4, -0.2) is 20.3 Å². The molecule has 2 aromatic rings. The maximum atomic E-state index is 8.20. The Kier molecular flexibility index (Phi) is 4.87. The molecule has 0 radical (unpaired) electrons. The quantitative estimate of drug-likeness (QED) is 0.343. The molecule has 20 heavy (non-hydrogen) atoms. The van der Waals surface area contributed by atoms with Crippen molar-refractivity contribution in [1.29, 1.82) is 0 Å². The zero-order chi connectivity index (χ0) is 14.2. The van der Waals surface area contributed by atoms with E-state index in [4.69, 9.17) is 15.0 Å². The third kappa shape index (κ3) is 3.43. The molecule has 0 aromatic heterocycles. The van der Waals surface area contributed by atoms with Crippen molar-refractivity contribution in [2.45, 2.75) is 0 Å². The zero-order valence-electron chi connectivity index (χ0n) is 11.2. The van der Waals surface area contributed by atoms with E-state index in [1.165, 1.54) is 0 Å². The van der Waals surface area contributed by atoms with Crippen LogP contribution in [0.25, 0.3) is 21.6 Å². The summed E-state index contributed by atoms with van der Waals surface area (Å²) in [7, 11) is 1.60. The van der Waals surface area contributed by atoms with E-state index in [-0.39, 0.29) is 0 Å². The summed E-state index contributed by atoms with van der Waals surface area (Å²) in [6.07, 6.45) is 0. The van der Waals surface area contributed by atoms with Gasteiger partial charge < -0.3 is 9.47 Å². The largest absolute Gasteiger partial charge is 0.493 e. The highest BCUT2D eigenvalue weighted by Gasteiger charge is 2.06. The second-order valence-corrected chi connectivity index (χ2v) is 4.03. The Bertz CT molecular complexity index is 608. The molecule has 0 heterocycles. The van der Waals surface area contributed by atoms with Crippen molar-refractivity contribution in [2.75, 3.05) is 20.3 Å². The number of hydrogen-bond donors (Lipinski definition) is 0. The van der Waals surface area contributed by atoms with Gasteiger partial charge in [-0.25, -0.2) is 0 Å². The highest BCUT2D eigenvalue weighted by Crippen LogP contribution is 2.32. The Morgan fingerprint density at radius 3 is 2.55 bits per heavy atom. The van der Waals surface area contributed by atoms with E-state index in [2.05, 4.69) is 10.0 Å².